The van der Waals surface area contributed by atoms with Crippen molar-refractivity contribution >= 4 is 17.6 Å². The summed E-state index contributed by atoms with van der Waals surface area (Å²) in [6.07, 6.45) is 1.90. The van der Waals surface area contributed by atoms with Crippen LogP contribution in [0.25, 0.3) is 6.08 Å². The first-order valence-corrected chi connectivity index (χ1v) is 3.26. The van der Waals surface area contributed by atoms with Gasteiger partial charge < -0.3 is 0 Å². The summed E-state index contributed by atoms with van der Waals surface area (Å²) in [6, 6.07) is 6.21. The number of benzene rings is 1. The Hall–Kier alpha value is -1.33. The standard InChI is InChI=1S/C9H7N/c1-7-2-3-8-4-5-10-9(8)6-7/h2-4,6H,1H3. The molecule has 0 spiro atoms. The SMILES string of the molecule is Cc1ccc2c(c1)N=C=C2. The van der Waals surface area contributed by atoms with E-state index in [1.165, 1.54) is 11.1 Å². The van der Waals surface area contributed by atoms with Gasteiger partial charge in [0.2, 0.25) is 0 Å². The van der Waals surface area contributed by atoms with E-state index in [2.05, 4.69) is 36.0 Å². The van der Waals surface area contributed by atoms with Crippen molar-refractivity contribution in [3.63, 3.8) is 0 Å². The van der Waals surface area contributed by atoms with Gasteiger partial charge >= 0.3 is 0 Å². The second-order valence-electron chi connectivity index (χ2n) is 2.45. The Balaban J connectivity index is 2.67. The van der Waals surface area contributed by atoms with Crippen molar-refractivity contribution in [2.75, 3.05) is 0 Å². The highest BCUT2D eigenvalue weighted by Gasteiger charge is 2.00. The molecule has 1 heteroatoms. The first-order valence-electron chi connectivity index (χ1n) is 3.26. The van der Waals surface area contributed by atoms with Crippen LogP contribution in [0.5, 0.6) is 0 Å². The fourth-order valence-corrected chi connectivity index (χ4v) is 1.04. The molecule has 0 atom stereocenters. The average Bonchev–Trinajstić information content (AvgIpc) is 2.33. The Morgan fingerprint density at radius 3 is 3.20 bits per heavy atom. The van der Waals surface area contributed by atoms with E-state index < -0.39 is 0 Å². The molecule has 0 aromatic heterocycles. The molecule has 10 heavy (non-hydrogen) atoms. The highest BCUT2D eigenvalue weighted by Crippen LogP contribution is 2.23. The van der Waals surface area contributed by atoms with Gasteiger partial charge in [0.05, 0.1) is 5.69 Å². The Morgan fingerprint density at radius 2 is 2.30 bits per heavy atom. The molecular weight excluding hydrogens is 122 g/mol. The molecular formula is C9H7N. The van der Waals surface area contributed by atoms with Crippen molar-refractivity contribution in [1.82, 2.24) is 0 Å². The Morgan fingerprint density at radius 1 is 1.40 bits per heavy atom. The summed E-state index contributed by atoms with van der Waals surface area (Å²) >= 11 is 0. The molecule has 0 saturated carbocycles. The van der Waals surface area contributed by atoms with E-state index in [-0.39, 0.29) is 0 Å². The maximum Gasteiger partial charge on any atom is 0.0811 e. The van der Waals surface area contributed by atoms with Gasteiger partial charge in [0.1, 0.15) is 0 Å². The predicted molar refractivity (Wildman–Crippen MR) is 42.7 cm³/mol. The molecule has 0 N–H and O–H groups in total. The van der Waals surface area contributed by atoms with E-state index >= 15 is 0 Å². The molecule has 0 radical (unpaired) electrons. The smallest absolute Gasteiger partial charge is 0.0811 e. The van der Waals surface area contributed by atoms with E-state index in [1.54, 1.807) is 0 Å². The zero-order valence-electron chi connectivity index (χ0n) is 5.76. The summed E-state index contributed by atoms with van der Waals surface area (Å²) in [5, 5.41) is 0. The normalized spacial score (nSPS) is 12.1. The van der Waals surface area contributed by atoms with Gasteiger partial charge in [-0.3, -0.25) is 0 Å². The fraction of sp³-hybridized carbons (Fsp3) is 0.111. The molecule has 0 bridgehead atoms. The van der Waals surface area contributed by atoms with E-state index in [9.17, 15) is 0 Å². The predicted octanol–water partition coefficient (Wildman–Crippen LogP) is 2.32. The molecule has 1 aromatic carbocycles. The molecule has 1 aliphatic rings. The van der Waals surface area contributed by atoms with Crippen LogP contribution in [0.3, 0.4) is 0 Å². The minimum atomic E-state index is 1.04. The zero-order chi connectivity index (χ0) is 6.97. The lowest BCUT2D eigenvalue weighted by Crippen LogP contribution is -1.72. The average molecular weight is 129 g/mol. The van der Waals surface area contributed by atoms with Crippen molar-refractivity contribution < 1.29 is 0 Å². The highest BCUT2D eigenvalue weighted by atomic mass is 14.7. The monoisotopic (exact) mass is 129 g/mol. The fourth-order valence-electron chi connectivity index (χ4n) is 1.04. The lowest BCUT2D eigenvalue weighted by molar-refractivity contribution is 1.43. The van der Waals surface area contributed by atoms with E-state index in [1.807, 2.05) is 6.08 Å². The highest BCUT2D eigenvalue weighted by molar-refractivity contribution is 5.89. The molecule has 0 amide bonds. The summed E-state index contributed by atoms with van der Waals surface area (Å²) in [5.74, 6) is 2.81. The van der Waals surface area contributed by atoms with Gasteiger partial charge in [-0.15, -0.1) is 0 Å². The molecule has 1 aromatic rings. The summed E-state index contributed by atoms with van der Waals surface area (Å²) in [4.78, 5) is 4.05. The number of hydrogen-bond donors (Lipinski definition) is 0. The van der Waals surface area contributed by atoms with Gasteiger partial charge in [-0.25, -0.2) is 4.99 Å². The summed E-state index contributed by atoms with van der Waals surface area (Å²) in [5.41, 5.74) is 3.46. The molecule has 0 fully saturated rings. The first-order chi connectivity index (χ1) is 4.86. The van der Waals surface area contributed by atoms with Crippen molar-refractivity contribution in [3.05, 3.63) is 29.3 Å². The topological polar surface area (TPSA) is 12.4 Å². The van der Waals surface area contributed by atoms with Crippen molar-refractivity contribution in [2.24, 2.45) is 4.99 Å². The maximum atomic E-state index is 4.05. The number of rotatable bonds is 0. The van der Waals surface area contributed by atoms with Crippen LogP contribution in [-0.2, 0) is 0 Å². The van der Waals surface area contributed by atoms with Crippen molar-refractivity contribution in [2.45, 2.75) is 6.92 Å². The van der Waals surface area contributed by atoms with Crippen LogP contribution >= 0.6 is 0 Å². The molecule has 1 nitrogen and oxygen atoms in total. The second kappa shape index (κ2) is 1.83. The van der Waals surface area contributed by atoms with Gasteiger partial charge in [0, 0.05) is 11.6 Å². The summed E-state index contributed by atoms with van der Waals surface area (Å²) < 4.78 is 0. The Labute approximate surface area is 59.7 Å². The first kappa shape index (κ1) is 5.45. The van der Waals surface area contributed by atoms with Gasteiger partial charge in [-0.1, -0.05) is 12.1 Å². The number of nitrogens with zero attached hydrogens (tertiary/aromatic N) is 1. The Kier molecular flexibility index (Phi) is 0.996. The van der Waals surface area contributed by atoms with Crippen LogP contribution in [0.1, 0.15) is 11.1 Å². The van der Waals surface area contributed by atoms with Crippen LogP contribution in [0.15, 0.2) is 23.2 Å². The number of aryl methyl sites for hydroxylation is 1. The number of fused-ring (bicyclic) bond motifs is 1. The molecule has 1 heterocycles. The van der Waals surface area contributed by atoms with Crippen molar-refractivity contribution in [3.8, 4) is 0 Å². The second-order valence-corrected chi connectivity index (χ2v) is 2.45. The van der Waals surface area contributed by atoms with Crippen molar-refractivity contribution in [1.29, 1.82) is 0 Å². The molecule has 1 aliphatic heterocycles. The molecule has 48 valence electrons. The third kappa shape index (κ3) is 0.687. The molecule has 0 aliphatic carbocycles. The van der Waals surface area contributed by atoms with E-state index in [0.29, 0.717) is 0 Å². The Bertz CT molecular complexity index is 331. The van der Waals surface area contributed by atoms with Gasteiger partial charge in [0.15, 0.2) is 0 Å². The largest absolute Gasteiger partial charge is 0.206 e. The van der Waals surface area contributed by atoms with Crippen LogP contribution in [-0.4, -0.2) is 5.87 Å². The van der Waals surface area contributed by atoms with Gasteiger partial charge in [-0.05, 0) is 24.4 Å². The molecule has 2 rings (SSSR count). The maximum absolute atomic E-state index is 4.05. The lowest BCUT2D eigenvalue weighted by atomic mass is 10.1. The van der Waals surface area contributed by atoms with E-state index in [4.69, 9.17) is 0 Å². The van der Waals surface area contributed by atoms with Crippen LogP contribution in [0, 0.1) is 6.92 Å². The lowest BCUT2D eigenvalue weighted by Gasteiger charge is -1.95. The number of hydrogen-bond acceptors (Lipinski definition) is 1. The third-order valence-corrected chi connectivity index (χ3v) is 1.59. The summed E-state index contributed by atoms with van der Waals surface area (Å²) in [7, 11) is 0. The van der Waals surface area contributed by atoms with E-state index in [0.717, 1.165) is 5.69 Å². The minimum Gasteiger partial charge on any atom is -0.206 e. The van der Waals surface area contributed by atoms with Crippen LogP contribution in [0.4, 0.5) is 5.69 Å². The molecule has 0 unspecified atom stereocenters. The third-order valence-electron chi connectivity index (χ3n) is 1.59. The quantitative estimate of drug-likeness (QED) is 0.517. The summed E-state index contributed by atoms with van der Waals surface area (Å²) in [6.45, 7) is 2.06. The zero-order valence-corrected chi connectivity index (χ0v) is 5.76. The van der Waals surface area contributed by atoms with Crippen LogP contribution in [0.2, 0.25) is 0 Å². The number of aliphatic imine (C=N–C) groups is 1. The van der Waals surface area contributed by atoms with Gasteiger partial charge in [0.25, 0.3) is 0 Å². The van der Waals surface area contributed by atoms with Gasteiger partial charge in [-0.2, -0.15) is 0 Å². The minimum absolute atomic E-state index is 1.04. The van der Waals surface area contributed by atoms with Crippen LogP contribution < -0.4 is 0 Å². The molecule has 0 saturated heterocycles.